The second-order valence-corrected chi connectivity index (χ2v) is 27.2. The van der Waals surface area contributed by atoms with Gasteiger partial charge in [-0.05, 0) is 36.4 Å². The monoisotopic (exact) mass is 647 g/mol. The van der Waals surface area contributed by atoms with Gasteiger partial charge in [-0.3, -0.25) is 0 Å². The molecule has 0 heterocycles. The van der Waals surface area contributed by atoms with Crippen molar-refractivity contribution in [1.82, 2.24) is 0 Å². The summed E-state index contributed by atoms with van der Waals surface area (Å²) in [5.74, 6) is 0. The van der Waals surface area contributed by atoms with Crippen molar-refractivity contribution in [3.05, 3.63) is 164 Å². The van der Waals surface area contributed by atoms with Crippen LogP contribution in [-0.4, -0.2) is 24.2 Å². The third-order valence-electron chi connectivity index (χ3n) is 10.0. The summed E-state index contributed by atoms with van der Waals surface area (Å²) in [7, 11) is -5.41. The SMILES string of the molecule is C[Si](C)(c1ccccc1)c1ccc(N(c2ccc([Si](C)(C)c3ccccc3)cc2)c2ccc([Si](C)(C)c3ccccc3)cc2)cc1. The fourth-order valence-corrected chi connectivity index (χ4v) is 13.7. The van der Waals surface area contributed by atoms with E-state index in [1.54, 1.807) is 0 Å². The molecule has 6 rings (SSSR count). The Morgan fingerprint density at radius 2 is 0.457 bits per heavy atom. The highest BCUT2D eigenvalue weighted by molar-refractivity contribution is 7.01. The maximum atomic E-state index is 2.45. The molecule has 0 bridgehead atoms. The van der Waals surface area contributed by atoms with Gasteiger partial charge in [0.05, 0.1) is 0 Å². The molecule has 0 spiro atoms. The highest BCUT2D eigenvalue weighted by atomic mass is 28.3. The van der Waals surface area contributed by atoms with E-state index in [0.717, 1.165) is 0 Å². The zero-order chi connectivity index (χ0) is 32.4. The van der Waals surface area contributed by atoms with Crippen LogP contribution >= 0.6 is 0 Å². The van der Waals surface area contributed by atoms with Crippen molar-refractivity contribution in [3.8, 4) is 0 Å². The van der Waals surface area contributed by atoms with E-state index < -0.39 is 24.2 Å². The van der Waals surface area contributed by atoms with Crippen LogP contribution in [0.3, 0.4) is 0 Å². The number of anilines is 3. The molecule has 0 aromatic heterocycles. The summed E-state index contributed by atoms with van der Waals surface area (Å²) in [4.78, 5) is 2.42. The Morgan fingerprint density at radius 1 is 0.261 bits per heavy atom. The lowest BCUT2D eigenvalue weighted by Crippen LogP contribution is -2.52. The van der Waals surface area contributed by atoms with Crippen molar-refractivity contribution < 1.29 is 0 Å². The van der Waals surface area contributed by atoms with Crippen LogP contribution in [0.15, 0.2) is 164 Å². The molecule has 230 valence electrons. The van der Waals surface area contributed by atoms with E-state index in [1.807, 2.05) is 0 Å². The Hall–Kier alpha value is -4.23. The minimum absolute atomic E-state index is 1.18. The van der Waals surface area contributed by atoms with Crippen LogP contribution in [0.5, 0.6) is 0 Å². The molecule has 0 fully saturated rings. The molecule has 1 nitrogen and oxygen atoms in total. The first-order valence-corrected chi connectivity index (χ1v) is 25.4. The molecule has 0 radical (unpaired) electrons. The molecule has 0 saturated carbocycles. The van der Waals surface area contributed by atoms with Crippen LogP contribution in [0, 0.1) is 0 Å². The van der Waals surface area contributed by atoms with Crippen molar-refractivity contribution in [2.45, 2.75) is 39.3 Å². The summed E-state index contributed by atoms with van der Waals surface area (Å²) >= 11 is 0. The molecule has 6 aromatic rings. The molecular weight excluding hydrogens is 603 g/mol. The summed E-state index contributed by atoms with van der Waals surface area (Å²) in [6.07, 6.45) is 0. The summed E-state index contributed by atoms with van der Waals surface area (Å²) in [6, 6.07) is 61.1. The quantitative estimate of drug-likeness (QED) is 0.146. The fraction of sp³-hybridized carbons (Fsp3) is 0.143. The Morgan fingerprint density at radius 3 is 0.674 bits per heavy atom. The van der Waals surface area contributed by atoms with E-state index in [4.69, 9.17) is 0 Å². The molecule has 0 atom stereocenters. The van der Waals surface area contributed by atoms with Gasteiger partial charge in [0, 0.05) is 17.1 Å². The van der Waals surface area contributed by atoms with Gasteiger partial charge in [0.15, 0.2) is 0 Å². The number of benzene rings is 6. The van der Waals surface area contributed by atoms with Gasteiger partial charge in [-0.2, -0.15) is 0 Å². The fourth-order valence-electron chi connectivity index (χ4n) is 6.59. The maximum absolute atomic E-state index is 2.45. The molecule has 0 N–H and O–H groups in total. The number of nitrogens with zero attached hydrogens (tertiary/aromatic N) is 1. The predicted octanol–water partition coefficient (Wildman–Crippen LogP) is 7.62. The lowest BCUT2D eigenvalue weighted by Gasteiger charge is -2.30. The van der Waals surface area contributed by atoms with Gasteiger partial charge in [0.1, 0.15) is 24.2 Å². The van der Waals surface area contributed by atoms with Gasteiger partial charge in [-0.25, -0.2) is 0 Å². The van der Waals surface area contributed by atoms with Gasteiger partial charge >= 0.3 is 0 Å². The number of hydrogen-bond donors (Lipinski definition) is 0. The lowest BCUT2D eigenvalue weighted by atomic mass is 10.2. The van der Waals surface area contributed by atoms with E-state index in [9.17, 15) is 0 Å². The van der Waals surface area contributed by atoms with E-state index in [-0.39, 0.29) is 0 Å². The molecule has 0 aliphatic rings. The van der Waals surface area contributed by atoms with Crippen LogP contribution < -0.4 is 36.0 Å². The molecule has 6 aromatic carbocycles. The van der Waals surface area contributed by atoms with Crippen LogP contribution in [0.4, 0.5) is 17.1 Å². The van der Waals surface area contributed by atoms with Gasteiger partial charge in [-0.15, -0.1) is 0 Å². The van der Waals surface area contributed by atoms with Crippen LogP contribution in [0.2, 0.25) is 39.3 Å². The van der Waals surface area contributed by atoms with Gasteiger partial charge in [0.25, 0.3) is 0 Å². The topological polar surface area (TPSA) is 3.24 Å². The van der Waals surface area contributed by atoms with E-state index >= 15 is 0 Å². The largest absolute Gasteiger partial charge is 0.311 e. The highest BCUT2D eigenvalue weighted by Crippen LogP contribution is 2.34. The van der Waals surface area contributed by atoms with Crippen molar-refractivity contribution in [2.75, 3.05) is 4.90 Å². The molecule has 0 aliphatic heterocycles. The molecule has 4 heteroatoms. The zero-order valence-corrected chi connectivity index (χ0v) is 31.0. The zero-order valence-electron chi connectivity index (χ0n) is 28.0. The third kappa shape index (κ3) is 6.25. The first kappa shape index (κ1) is 31.7. The second kappa shape index (κ2) is 12.9. The van der Waals surface area contributed by atoms with Crippen molar-refractivity contribution in [1.29, 1.82) is 0 Å². The van der Waals surface area contributed by atoms with E-state index in [0.29, 0.717) is 0 Å². The first-order valence-electron chi connectivity index (χ1n) is 16.4. The lowest BCUT2D eigenvalue weighted by molar-refractivity contribution is 1.29. The summed E-state index contributed by atoms with van der Waals surface area (Å²) in [5, 5.41) is 8.71. The third-order valence-corrected chi connectivity index (χ3v) is 20.7. The summed E-state index contributed by atoms with van der Waals surface area (Å²) < 4.78 is 0. The molecular formula is C42H45NSi3. The predicted molar refractivity (Wildman–Crippen MR) is 211 cm³/mol. The highest BCUT2D eigenvalue weighted by Gasteiger charge is 2.29. The van der Waals surface area contributed by atoms with Gasteiger partial charge in [0.2, 0.25) is 0 Å². The Balaban J connectivity index is 1.39. The van der Waals surface area contributed by atoms with Crippen molar-refractivity contribution in [2.24, 2.45) is 0 Å². The average Bonchev–Trinajstić information content (AvgIpc) is 3.10. The number of rotatable bonds is 9. The molecule has 0 aliphatic carbocycles. The van der Waals surface area contributed by atoms with E-state index in [2.05, 4.69) is 208 Å². The normalized spacial score (nSPS) is 12.1. The Kier molecular flexibility index (Phi) is 8.88. The summed E-state index contributed by atoms with van der Waals surface area (Å²) in [5.41, 5.74) is 3.55. The van der Waals surface area contributed by atoms with Crippen LogP contribution in [-0.2, 0) is 0 Å². The van der Waals surface area contributed by atoms with Gasteiger partial charge in [-0.1, -0.05) is 198 Å². The molecule has 0 amide bonds. The second-order valence-electron chi connectivity index (χ2n) is 13.9. The smallest absolute Gasteiger partial charge is 0.112 e. The standard InChI is InChI=1S/C42H45NSi3/c1-44(2,37-16-10-7-11-17-37)40-28-22-34(23-29-40)43(35-24-30-41(31-25-35)45(3,4)38-18-12-8-13-19-38)36-26-32-42(33-27-36)46(5,6)39-20-14-9-15-21-39/h7-33H,1-6H3. The van der Waals surface area contributed by atoms with E-state index in [1.165, 1.54) is 48.2 Å². The molecule has 0 saturated heterocycles. The van der Waals surface area contributed by atoms with Crippen molar-refractivity contribution >= 4 is 72.4 Å². The first-order chi connectivity index (χ1) is 22.1. The average molecular weight is 648 g/mol. The molecule has 0 unspecified atom stereocenters. The van der Waals surface area contributed by atoms with Crippen LogP contribution in [0.1, 0.15) is 0 Å². The van der Waals surface area contributed by atoms with Crippen molar-refractivity contribution in [3.63, 3.8) is 0 Å². The summed E-state index contributed by atoms with van der Waals surface area (Å²) in [6.45, 7) is 14.7. The van der Waals surface area contributed by atoms with Crippen LogP contribution in [0.25, 0.3) is 0 Å². The minimum atomic E-state index is -1.80. The molecule has 46 heavy (non-hydrogen) atoms. The number of hydrogen-bond acceptors (Lipinski definition) is 1. The van der Waals surface area contributed by atoms with Gasteiger partial charge < -0.3 is 4.90 Å². The minimum Gasteiger partial charge on any atom is -0.311 e. The Bertz CT molecular complexity index is 1640. The maximum Gasteiger partial charge on any atom is 0.112 e. The Labute approximate surface area is 279 Å².